The van der Waals surface area contributed by atoms with Crippen LogP contribution in [-0.2, 0) is 6.54 Å². The summed E-state index contributed by atoms with van der Waals surface area (Å²) in [4.78, 5) is 38.1. The van der Waals surface area contributed by atoms with Crippen molar-refractivity contribution in [2.24, 2.45) is 0 Å². The van der Waals surface area contributed by atoms with Crippen LogP contribution in [0, 0.1) is 0 Å². The van der Waals surface area contributed by atoms with E-state index in [2.05, 4.69) is 11.9 Å². The van der Waals surface area contributed by atoms with Crippen LogP contribution in [0.15, 0.2) is 49.1 Å². The van der Waals surface area contributed by atoms with Crippen LogP contribution in [0.2, 0.25) is 0 Å². The molecule has 0 saturated heterocycles. The molecular formula is C20H16N2O5. The molecule has 0 atom stereocenters. The van der Waals surface area contributed by atoms with Gasteiger partial charge in [0.1, 0.15) is 0 Å². The first-order chi connectivity index (χ1) is 13.1. The number of imide groups is 1. The van der Waals surface area contributed by atoms with E-state index in [1.165, 1.54) is 24.3 Å². The van der Waals surface area contributed by atoms with E-state index in [9.17, 15) is 14.4 Å². The van der Waals surface area contributed by atoms with E-state index in [0.29, 0.717) is 29.2 Å². The number of hydrogen-bond acceptors (Lipinski definition) is 5. The number of carbonyl (C=O) groups is 3. The van der Waals surface area contributed by atoms with Crippen LogP contribution < -0.4 is 14.8 Å². The maximum absolute atomic E-state index is 12.5. The predicted molar refractivity (Wildman–Crippen MR) is 95.7 cm³/mol. The largest absolute Gasteiger partial charge is 0.454 e. The second kappa shape index (κ2) is 6.60. The molecule has 27 heavy (non-hydrogen) atoms. The molecule has 0 aromatic heterocycles. The van der Waals surface area contributed by atoms with Gasteiger partial charge in [-0.25, -0.2) is 0 Å². The fourth-order valence-electron chi connectivity index (χ4n) is 3.06. The van der Waals surface area contributed by atoms with Crippen molar-refractivity contribution in [1.82, 2.24) is 10.2 Å². The van der Waals surface area contributed by atoms with Crippen molar-refractivity contribution < 1.29 is 23.9 Å². The summed E-state index contributed by atoms with van der Waals surface area (Å²) in [7, 11) is 0. The Morgan fingerprint density at radius 1 is 1.07 bits per heavy atom. The van der Waals surface area contributed by atoms with E-state index < -0.39 is 5.91 Å². The van der Waals surface area contributed by atoms with Crippen LogP contribution in [-0.4, -0.2) is 36.0 Å². The molecule has 4 rings (SSSR count). The monoisotopic (exact) mass is 364 g/mol. The van der Waals surface area contributed by atoms with E-state index in [1.807, 2.05) is 6.07 Å². The Kier molecular flexibility index (Phi) is 4.12. The van der Waals surface area contributed by atoms with Gasteiger partial charge in [-0.15, -0.1) is 6.58 Å². The van der Waals surface area contributed by atoms with Gasteiger partial charge in [0, 0.05) is 18.7 Å². The number of ether oxygens (including phenoxy) is 2. The van der Waals surface area contributed by atoms with Gasteiger partial charge in [-0.2, -0.15) is 0 Å². The molecule has 136 valence electrons. The minimum absolute atomic E-state index is 0.137. The summed E-state index contributed by atoms with van der Waals surface area (Å²) in [5.41, 5.74) is 1.71. The van der Waals surface area contributed by atoms with Crippen LogP contribution >= 0.6 is 0 Å². The summed E-state index contributed by atoms with van der Waals surface area (Å²) >= 11 is 0. The third-order valence-corrected chi connectivity index (χ3v) is 4.43. The SMILES string of the molecule is C=CCN1C(=O)c2ccc(C(=O)NCc3ccc4c(c3)OCO4)cc2C1=O. The normalized spacial score (nSPS) is 14.3. The molecular weight excluding hydrogens is 348 g/mol. The van der Waals surface area contributed by atoms with Gasteiger partial charge in [0.25, 0.3) is 17.7 Å². The van der Waals surface area contributed by atoms with Crippen LogP contribution in [0.1, 0.15) is 36.6 Å². The fraction of sp³-hybridized carbons (Fsp3) is 0.150. The Bertz CT molecular complexity index is 982. The Hall–Kier alpha value is -3.61. The molecule has 0 bridgehead atoms. The number of carbonyl (C=O) groups excluding carboxylic acids is 3. The van der Waals surface area contributed by atoms with Crippen LogP contribution in [0.4, 0.5) is 0 Å². The zero-order valence-corrected chi connectivity index (χ0v) is 14.4. The van der Waals surface area contributed by atoms with Gasteiger partial charge >= 0.3 is 0 Å². The van der Waals surface area contributed by atoms with E-state index in [0.717, 1.165) is 10.5 Å². The standard InChI is InChI=1S/C20H16N2O5/c1-2-7-22-19(24)14-5-4-13(9-15(14)20(22)25)18(23)21-10-12-3-6-16-17(8-12)27-11-26-16/h2-6,8-9H,1,7,10-11H2,(H,21,23). The Morgan fingerprint density at radius 2 is 1.85 bits per heavy atom. The van der Waals surface area contributed by atoms with Crippen molar-refractivity contribution in [3.8, 4) is 11.5 Å². The Labute approximate surface area is 155 Å². The number of rotatable bonds is 5. The Balaban J connectivity index is 1.48. The van der Waals surface area contributed by atoms with Gasteiger partial charge in [-0.3, -0.25) is 19.3 Å². The Morgan fingerprint density at radius 3 is 2.67 bits per heavy atom. The summed E-state index contributed by atoms with van der Waals surface area (Å²) in [6.45, 7) is 4.17. The molecule has 2 aromatic carbocycles. The zero-order chi connectivity index (χ0) is 19.0. The first-order valence-electron chi connectivity index (χ1n) is 8.36. The molecule has 7 nitrogen and oxygen atoms in total. The van der Waals surface area contributed by atoms with Crippen molar-refractivity contribution >= 4 is 17.7 Å². The molecule has 0 unspecified atom stereocenters. The molecule has 0 aliphatic carbocycles. The van der Waals surface area contributed by atoms with Gasteiger partial charge in [0.2, 0.25) is 6.79 Å². The summed E-state index contributed by atoms with van der Waals surface area (Å²) in [5.74, 6) is 0.196. The average Bonchev–Trinajstić information content (AvgIpc) is 3.24. The zero-order valence-electron chi connectivity index (χ0n) is 14.4. The highest BCUT2D eigenvalue weighted by Gasteiger charge is 2.35. The lowest BCUT2D eigenvalue weighted by Gasteiger charge is -2.09. The van der Waals surface area contributed by atoms with Crippen molar-refractivity contribution in [3.63, 3.8) is 0 Å². The fourth-order valence-corrected chi connectivity index (χ4v) is 3.06. The lowest BCUT2D eigenvalue weighted by Crippen LogP contribution is -2.29. The number of benzene rings is 2. The van der Waals surface area contributed by atoms with Crippen LogP contribution in [0.3, 0.4) is 0 Å². The molecule has 0 spiro atoms. The highest BCUT2D eigenvalue weighted by molar-refractivity contribution is 6.22. The lowest BCUT2D eigenvalue weighted by atomic mass is 10.1. The molecule has 2 aromatic rings. The van der Waals surface area contributed by atoms with Crippen molar-refractivity contribution in [2.75, 3.05) is 13.3 Å². The van der Waals surface area contributed by atoms with Crippen molar-refractivity contribution in [1.29, 1.82) is 0 Å². The van der Waals surface area contributed by atoms with Crippen LogP contribution in [0.25, 0.3) is 0 Å². The number of fused-ring (bicyclic) bond motifs is 2. The van der Waals surface area contributed by atoms with Crippen molar-refractivity contribution in [2.45, 2.75) is 6.54 Å². The van der Waals surface area contributed by atoms with Gasteiger partial charge in [-0.05, 0) is 35.9 Å². The minimum Gasteiger partial charge on any atom is -0.454 e. The molecule has 1 N–H and O–H groups in total. The van der Waals surface area contributed by atoms with Gasteiger partial charge in [-0.1, -0.05) is 12.1 Å². The maximum atomic E-state index is 12.5. The molecule has 2 heterocycles. The topological polar surface area (TPSA) is 84.9 Å². The van der Waals surface area contributed by atoms with E-state index in [1.54, 1.807) is 12.1 Å². The van der Waals surface area contributed by atoms with Gasteiger partial charge in [0.05, 0.1) is 11.1 Å². The summed E-state index contributed by atoms with van der Waals surface area (Å²) < 4.78 is 10.6. The number of hydrogen-bond donors (Lipinski definition) is 1. The van der Waals surface area contributed by atoms with Crippen LogP contribution in [0.5, 0.6) is 11.5 Å². The second-order valence-corrected chi connectivity index (χ2v) is 6.14. The highest BCUT2D eigenvalue weighted by Crippen LogP contribution is 2.32. The van der Waals surface area contributed by atoms with E-state index in [-0.39, 0.29) is 30.7 Å². The molecule has 0 radical (unpaired) electrons. The average molecular weight is 364 g/mol. The lowest BCUT2D eigenvalue weighted by molar-refractivity contribution is 0.0672. The molecule has 3 amide bonds. The highest BCUT2D eigenvalue weighted by atomic mass is 16.7. The molecule has 7 heteroatoms. The van der Waals surface area contributed by atoms with Crippen molar-refractivity contribution in [3.05, 3.63) is 71.3 Å². The first-order valence-corrected chi connectivity index (χ1v) is 8.36. The number of nitrogens with zero attached hydrogens (tertiary/aromatic N) is 1. The smallest absolute Gasteiger partial charge is 0.261 e. The number of amides is 3. The summed E-state index contributed by atoms with van der Waals surface area (Å²) in [6.07, 6.45) is 1.49. The predicted octanol–water partition coefficient (Wildman–Crippen LogP) is 2.13. The third kappa shape index (κ3) is 2.93. The van der Waals surface area contributed by atoms with Gasteiger partial charge < -0.3 is 14.8 Å². The molecule has 0 saturated carbocycles. The van der Waals surface area contributed by atoms with E-state index in [4.69, 9.17) is 9.47 Å². The third-order valence-electron chi connectivity index (χ3n) is 4.43. The first kappa shape index (κ1) is 16.8. The van der Waals surface area contributed by atoms with E-state index >= 15 is 0 Å². The quantitative estimate of drug-likeness (QED) is 0.649. The second-order valence-electron chi connectivity index (χ2n) is 6.14. The molecule has 2 aliphatic rings. The summed E-state index contributed by atoms with van der Waals surface area (Å²) in [5, 5.41) is 2.80. The van der Waals surface area contributed by atoms with Gasteiger partial charge in [0.15, 0.2) is 11.5 Å². The summed E-state index contributed by atoms with van der Waals surface area (Å²) in [6, 6.07) is 9.93. The maximum Gasteiger partial charge on any atom is 0.261 e. The minimum atomic E-state index is -0.416. The molecule has 0 fully saturated rings. The molecule has 2 aliphatic heterocycles. The number of nitrogens with one attached hydrogen (secondary N) is 1.